The van der Waals surface area contributed by atoms with E-state index in [1.807, 2.05) is 18.5 Å². The Labute approximate surface area is 170 Å². The first-order valence-corrected chi connectivity index (χ1v) is 10.5. The molecule has 0 spiro atoms. The number of nitrogens with zero attached hydrogens (tertiary/aromatic N) is 4. The Hall–Kier alpha value is -2.67. The fraction of sp³-hybridized carbons (Fsp3) is 0.381. The summed E-state index contributed by atoms with van der Waals surface area (Å²) in [7, 11) is 0. The Morgan fingerprint density at radius 2 is 2.04 bits per heavy atom. The van der Waals surface area contributed by atoms with Crippen LogP contribution in [-0.2, 0) is 19.6 Å². The lowest BCUT2D eigenvalue weighted by molar-refractivity contribution is 0.716. The molecule has 2 aromatic heterocycles. The molecule has 0 aliphatic rings. The monoisotopic (exact) mass is 396 g/mol. The summed E-state index contributed by atoms with van der Waals surface area (Å²) >= 11 is 1.68. The molecule has 0 aliphatic heterocycles. The van der Waals surface area contributed by atoms with Gasteiger partial charge in [-0.15, -0.1) is 11.3 Å². The smallest absolute Gasteiger partial charge is 0.192 e. The maximum Gasteiger partial charge on any atom is 0.192 e. The van der Waals surface area contributed by atoms with Crippen LogP contribution in [0.4, 0.5) is 0 Å². The highest BCUT2D eigenvalue weighted by Gasteiger charge is 2.07. The molecular weight excluding hydrogens is 368 g/mol. The van der Waals surface area contributed by atoms with E-state index in [0.29, 0.717) is 19.0 Å². The fourth-order valence-electron chi connectivity index (χ4n) is 2.74. The van der Waals surface area contributed by atoms with E-state index in [0.717, 1.165) is 35.6 Å². The summed E-state index contributed by atoms with van der Waals surface area (Å²) in [5, 5.41) is 9.86. The highest BCUT2D eigenvalue weighted by molar-refractivity contribution is 7.09. The van der Waals surface area contributed by atoms with Gasteiger partial charge in [-0.05, 0) is 18.4 Å². The molecule has 0 aliphatic carbocycles. The number of hydrogen-bond acceptors (Lipinski definition) is 4. The molecule has 7 heteroatoms. The molecule has 0 saturated heterocycles. The van der Waals surface area contributed by atoms with E-state index < -0.39 is 0 Å². The van der Waals surface area contributed by atoms with Crippen LogP contribution < -0.4 is 10.6 Å². The number of imidazole rings is 1. The Bertz CT molecular complexity index is 881. The van der Waals surface area contributed by atoms with Crippen molar-refractivity contribution in [3.8, 4) is 0 Å². The summed E-state index contributed by atoms with van der Waals surface area (Å²) in [5.74, 6) is 2.17. The molecule has 3 aromatic rings. The Balaban J connectivity index is 1.62. The van der Waals surface area contributed by atoms with Crippen molar-refractivity contribution in [3.63, 3.8) is 0 Å². The van der Waals surface area contributed by atoms with Crippen LogP contribution in [-0.4, -0.2) is 27.0 Å². The number of nitrogens with one attached hydrogen (secondary N) is 2. The quantitative estimate of drug-likeness (QED) is 0.449. The van der Waals surface area contributed by atoms with Crippen LogP contribution in [0.15, 0.2) is 53.1 Å². The van der Waals surface area contributed by atoms with Crippen LogP contribution in [0, 0.1) is 0 Å². The van der Waals surface area contributed by atoms with E-state index in [1.54, 1.807) is 11.3 Å². The van der Waals surface area contributed by atoms with E-state index in [2.05, 4.69) is 75.6 Å². The van der Waals surface area contributed by atoms with Gasteiger partial charge in [0.15, 0.2) is 5.96 Å². The average molecular weight is 397 g/mol. The predicted octanol–water partition coefficient (Wildman–Crippen LogP) is 3.77. The van der Waals surface area contributed by atoms with E-state index >= 15 is 0 Å². The normalized spacial score (nSPS) is 11.8. The first-order valence-electron chi connectivity index (χ1n) is 9.66. The zero-order chi connectivity index (χ0) is 19.8. The molecule has 6 nitrogen and oxygen atoms in total. The van der Waals surface area contributed by atoms with Gasteiger partial charge in [-0.1, -0.05) is 44.2 Å². The maximum absolute atomic E-state index is 4.70. The maximum atomic E-state index is 4.70. The molecule has 0 bridgehead atoms. The number of aromatic nitrogens is 3. The summed E-state index contributed by atoms with van der Waals surface area (Å²) in [6.45, 7) is 9.18. The SMILES string of the molecule is CCNC(=NCc1nccn1Cc1ccccc1)NCc1nc(C(C)C)cs1. The molecule has 0 amide bonds. The van der Waals surface area contributed by atoms with Crippen molar-refractivity contribution in [2.45, 2.75) is 46.3 Å². The zero-order valence-corrected chi connectivity index (χ0v) is 17.5. The molecule has 0 fully saturated rings. The van der Waals surface area contributed by atoms with Crippen molar-refractivity contribution in [1.82, 2.24) is 25.2 Å². The van der Waals surface area contributed by atoms with Crippen molar-refractivity contribution < 1.29 is 0 Å². The third-order valence-corrected chi connectivity index (χ3v) is 5.16. The van der Waals surface area contributed by atoms with Gasteiger partial charge in [0, 0.05) is 30.9 Å². The van der Waals surface area contributed by atoms with Crippen LogP contribution in [0.3, 0.4) is 0 Å². The van der Waals surface area contributed by atoms with E-state index in [9.17, 15) is 0 Å². The molecule has 0 atom stereocenters. The average Bonchev–Trinajstić information content (AvgIpc) is 3.34. The lowest BCUT2D eigenvalue weighted by Gasteiger charge is -2.11. The topological polar surface area (TPSA) is 67.1 Å². The van der Waals surface area contributed by atoms with Crippen molar-refractivity contribution >= 4 is 17.3 Å². The minimum absolute atomic E-state index is 0.454. The summed E-state index contributed by atoms with van der Waals surface area (Å²) in [4.78, 5) is 13.8. The summed E-state index contributed by atoms with van der Waals surface area (Å²) in [6, 6.07) is 10.4. The molecule has 2 heterocycles. The molecule has 2 N–H and O–H groups in total. The van der Waals surface area contributed by atoms with Crippen molar-refractivity contribution in [3.05, 3.63) is 70.2 Å². The summed E-state index contributed by atoms with van der Waals surface area (Å²) in [6.07, 6.45) is 3.83. The largest absolute Gasteiger partial charge is 0.357 e. The van der Waals surface area contributed by atoms with Crippen LogP contribution in [0.2, 0.25) is 0 Å². The Morgan fingerprint density at radius 1 is 1.21 bits per heavy atom. The second-order valence-corrected chi connectivity index (χ2v) is 7.77. The van der Waals surface area contributed by atoms with Gasteiger partial charge in [-0.3, -0.25) is 0 Å². The summed E-state index contributed by atoms with van der Waals surface area (Å²) < 4.78 is 2.14. The molecule has 0 unspecified atom stereocenters. The van der Waals surface area contributed by atoms with Gasteiger partial charge in [-0.25, -0.2) is 15.0 Å². The van der Waals surface area contributed by atoms with E-state index in [1.165, 1.54) is 5.56 Å². The lowest BCUT2D eigenvalue weighted by Crippen LogP contribution is -2.36. The van der Waals surface area contributed by atoms with Crippen molar-refractivity contribution in [1.29, 1.82) is 0 Å². The summed E-state index contributed by atoms with van der Waals surface area (Å²) in [5.41, 5.74) is 2.40. The molecule has 3 rings (SSSR count). The van der Waals surface area contributed by atoms with Gasteiger partial charge in [0.25, 0.3) is 0 Å². The second-order valence-electron chi connectivity index (χ2n) is 6.83. The minimum atomic E-state index is 0.454. The standard InChI is InChI=1S/C21H28N6S/c1-4-22-21(25-13-20-26-18(15-28-20)16(2)3)24-12-19-23-10-11-27(19)14-17-8-6-5-7-9-17/h5-11,15-16H,4,12-14H2,1-3H3,(H2,22,24,25). The highest BCUT2D eigenvalue weighted by Crippen LogP contribution is 2.17. The number of guanidine groups is 1. The van der Waals surface area contributed by atoms with Gasteiger partial charge < -0.3 is 15.2 Å². The highest BCUT2D eigenvalue weighted by atomic mass is 32.1. The molecule has 1 aromatic carbocycles. The Kier molecular flexibility index (Phi) is 7.19. The molecule has 0 radical (unpaired) electrons. The van der Waals surface area contributed by atoms with Crippen molar-refractivity contribution in [2.24, 2.45) is 4.99 Å². The van der Waals surface area contributed by atoms with Gasteiger partial charge in [-0.2, -0.15) is 0 Å². The number of benzene rings is 1. The first kappa shape index (κ1) is 20.1. The molecular formula is C21H28N6S. The Morgan fingerprint density at radius 3 is 2.75 bits per heavy atom. The van der Waals surface area contributed by atoms with Crippen LogP contribution in [0.1, 0.15) is 48.8 Å². The van der Waals surface area contributed by atoms with Crippen LogP contribution in [0.25, 0.3) is 0 Å². The molecule has 148 valence electrons. The van der Waals surface area contributed by atoms with Crippen LogP contribution >= 0.6 is 11.3 Å². The van der Waals surface area contributed by atoms with Gasteiger partial charge in [0.1, 0.15) is 17.4 Å². The predicted molar refractivity (Wildman–Crippen MR) is 116 cm³/mol. The number of thiazole rings is 1. The van der Waals surface area contributed by atoms with Gasteiger partial charge in [0.2, 0.25) is 0 Å². The molecule has 28 heavy (non-hydrogen) atoms. The fourth-order valence-corrected chi connectivity index (χ4v) is 3.63. The molecule has 0 saturated carbocycles. The first-order chi connectivity index (χ1) is 13.7. The second kappa shape index (κ2) is 10.0. The van der Waals surface area contributed by atoms with Crippen LogP contribution in [0.5, 0.6) is 0 Å². The lowest BCUT2D eigenvalue weighted by atomic mass is 10.2. The van der Waals surface area contributed by atoms with E-state index in [-0.39, 0.29) is 0 Å². The minimum Gasteiger partial charge on any atom is -0.357 e. The van der Waals surface area contributed by atoms with Crippen molar-refractivity contribution in [2.75, 3.05) is 6.54 Å². The third-order valence-electron chi connectivity index (χ3n) is 4.29. The zero-order valence-electron chi connectivity index (χ0n) is 16.7. The third kappa shape index (κ3) is 5.66. The van der Waals surface area contributed by atoms with Gasteiger partial charge >= 0.3 is 0 Å². The number of hydrogen-bond donors (Lipinski definition) is 2. The number of aliphatic imine (C=N–C) groups is 1. The van der Waals surface area contributed by atoms with Gasteiger partial charge in [0.05, 0.1) is 12.2 Å². The van der Waals surface area contributed by atoms with E-state index in [4.69, 9.17) is 4.99 Å². The number of rotatable bonds is 8.